The molecule has 4 heteroatoms. The maximum absolute atomic E-state index is 11.4. The largest absolute Gasteiger partial charge is 0.394 e. The van der Waals surface area contributed by atoms with Crippen molar-refractivity contribution in [2.24, 2.45) is 11.8 Å². The van der Waals surface area contributed by atoms with E-state index in [-0.39, 0.29) is 30.4 Å². The van der Waals surface area contributed by atoms with Crippen molar-refractivity contribution < 1.29 is 9.90 Å². The normalized spacial score (nSPS) is 19.7. The van der Waals surface area contributed by atoms with Gasteiger partial charge in [0.25, 0.3) is 0 Å². The van der Waals surface area contributed by atoms with Crippen LogP contribution in [0.1, 0.15) is 13.8 Å². The second-order valence-electron chi connectivity index (χ2n) is 3.90. The summed E-state index contributed by atoms with van der Waals surface area (Å²) in [5.41, 5.74) is 0. The molecule has 1 aliphatic heterocycles. The van der Waals surface area contributed by atoms with Gasteiger partial charge >= 0.3 is 0 Å². The van der Waals surface area contributed by atoms with E-state index in [4.69, 9.17) is 5.11 Å². The third-order valence-electron chi connectivity index (χ3n) is 2.48. The highest BCUT2D eigenvalue weighted by molar-refractivity contribution is 5.80. The van der Waals surface area contributed by atoms with Crippen molar-refractivity contribution in [3.05, 3.63) is 0 Å². The summed E-state index contributed by atoms with van der Waals surface area (Å²) in [7, 11) is 0. The standard InChI is InChI=1S/C9H18N2O2/c1-6(2)8(5-12)11-9(13)7-3-10-4-7/h6-8,10,12H,3-5H2,1-2H3,(H,11,13)/t8-/m1/s1. The highest BCUT2D eigenvalue weighted by Gasteiger charge is 2.27. The van der Waals surface area contributed by atoms with Gasteiger partial charge in [-0.3, -0.25) is 4.79 Å². The topological polar surface area (TPSA) is 61.4 Å². The summed E-state index contributed by atoms with van der Waals surface area (Å²) in [5, 5.41) is 14.9. The Balaban J connectivity index is 2.31. The Morgan fingerprint density at radius 1 is 1.62 bits per heavy atom. The van der Waals surface area contributed by atoms with Gasteiger partial charge < -0.3 is 15.7 Å². The quantitative estimate of drug-likeness (QED) is 0.546. The molecule has 0 aromatic rings. The Hall–Kier alpha value is -0.610. The molecule has 0 radical (unpaired) electrons. The van der Waals surface area contributed by atoms with Crippen molar-refractivity contribution in [1.82, 2.24) is 10.6 Å². The summed E-state index contributed by atoms with van der Waals surface area (Å²) in [6.07, 6.45) is 0. The zero-order valence-electron chi connectivity index (χ0n) is 8.21. The molecule has 0 unspecified atom stereocenters. The van der Waals surface area contributed by atoms with Gasteiger partial charge in [-0.2, -0.15) is 0 Å². The van der Waals surface area contributed by atoms with Crippen LogP contribution in [0.3, 0.4) is 0 Å². The molecule has 1 heterocycles. The number of aliphatic hydroxyl groups excluding tert-OH is 1. The highest BCUT2D eigenvalue weighted by atomic mass is 16.3. The van der Waals surface area contributed by atoms with Crippen molar-refractivity contribution in [3.63, 3.8) is 0 Å². The van der Waals surface area contributed by atoms with E-state index in [1.807, 2.05) is 13.8 Å². The van der Waals surface area contributed by atoms with Gasteiger partial charge in [0.2, 0.25) is 5.91 Å². The zero-order valence-corrected chi connectivity index (χ0v) is 8.21. The first-order valence-electron chi connectivity index (χ1n) is 4.77. The smallest absolute Gasteiger partial charge is 0.225 e. The van der Waals surface area contributed by atoms with Gasteiger partial charge in [-0.05, 0) is 5.92 Å². The van der Waals surface area contributed by atoms with Crippen molar-refractivity contribution in [3.8, 4) is 0 Å². The molecule has 13 heavy (non-hydrogen) atoms. The molecule has 4 nitrogen and oxygen atoms in total. The monoisotopic (exact) mass is 186 g/mol. The van der Waals surface area contributed by atoms with E-state index in [1.165, 1.54) is 0 Å². The Kier molecular flexibility index (Phi) is 3.69. The molecular weight excluding hydrogens is 168 g/mol. The van der Waals surface area contributed by atoms with Gasteiger partial charge in [0.1, 0.15) is 0 Å². The van der Waals surface area contributed by atoms with E-state index < -0.39 is 0 Å². The lowest BCUT2D eigenvalue weighted by Crippen LogP contribution is -2.54. The highest BCUT2D eigenvalue weighted by Crippen LogP contribution is 2.06. The van der Waals surface area contributed by atoms with Crippen LogP contribution in [-0.2, 0) is 4.79 Å². The van der Waals surface area contributed by atoms with E-state index in [1.54, 1.807) is 0 Å². The maximum atomic E-state index is 11.4. The van der Waals surface area contributed by atoms with Crippen LogP contribution in [0.4, 0.5) is 0 Å². The van der Waals surface area contributed by atoms with Crippen molar-refractivity contribution >= 4 is 5.91 Å². The first kappa shape index (κ1) is 10.5. The minimum absolute atomic E-state index is 0.0174. The van der Waals surface area contributed by atoms with Crippen LogP contribution >= 0.6 is 0 Å². The van der Waals surface area contributed by atoms with Gasteiger partial charge in [-0.25, -0.2) is 0 Å². The lowest BCUT2D eigenvalue weighted by molar-refractivity contribution is -0.127. The van der Waals surface area contributed by atoms with E-state index in [2.05, 4.69) is 10.6 Å². The summed E-state index contributed by atoms with van der Waals surface area (Å²) in [4.78, 5) is 11.4. The predicted octanol–water partition coefficient (Wildman–Crippen LogP) is -0.661. The average Bonchev–Trinajstić information content (AvgIpc) is 1.96. The first-order valence-corrected chi connectivity index (χ1v) is 4.77. The van der Waals surface area contributed by atoms with Gasteiger partial charge in [-0.15, -0.1) is 0 Å². The molecule has 0 spiro atoms. The molecule has 1 aliphatic rings. The van der Waals surface area contributed by atoms with Gasteiger partial charge in [0, 0.05) is 13.1 Å². The SMILES string of the molecule is CC(C)[C@@H](CO)NC(=O)C1CNC1. The summed E-state index contributed by atoms with van der Waals surface area (Å²) in [6.45, 7) is 5.52. The molecule has 76 valence electrons. The number of nitrogens with one attached hydrogen (secondary N) is 2. The van der Waals surface area contributed by atoms with Crippen LogP contribution in [0, 0.1) is 11.8 Å². The Morgan fingerprint density at radius 3 is 2.54 bits per heavy atom. The number of carbonyl (C=O) groups excluding carboxylic acids is 1. The van der Waals surface area contributed by atoms with Crippen LogP contribution in [0.2, 0.25) is 0 Å². The fraction of sp³-hybridized carbons (Fsp3) is 0.889. The molecule has 0 saturated carbocycles. The Morgan fingerprint density at radius 2 is 2.23 bits per heavy atom. The van der Waals surface area contributed by atoms with Gasteiger partial charge in [0.05, 0.1) is 18.6 Å². The van der Waals surface area contributed by atoms with Crippen LogP contribution in [0.25, 0.3) is 0 Å². The van der Waals surface area contributed by atoms with Crippen molar-refractivity contribution in [2.45, 2.75) is 19.9 Å². The fourth-order valence-electron chi connectivity index (χ4n) is 1.20. The van der Waals surface area contributed by atoms with Crippen LogP contribution in [-0.4, -0.2) is 36.8 Å². The van der Waals surface area contributed by atoms with Gasteiger partial charge in [-0.1, -0.05) is 13.8 Å². The lowest BCUT2D eigenvalue weighted by Gasteiger charge is -2.29. The molecule has 1 amide bonds. The average molecular weight is 186 g/mol. The summed E-state index contributed by atoms with van der Waals surface area (Å²) in [5.74, 6) is 0.446. The Bertz CT molecular complexity index is 178. The molecule has 0 aromatic heterocycles. The number of carbonyl (C=O) groups is 1. The second kappa shape index (κ2) is 4.58. The number of amides is 1. The van der Waals surface area contributed by atoms with E-state index >= 15 is 0 Å². The summed E-state index contributed by atoms with van der Waals surface area (Å²) in [6, 6.07) is -0.104. The van der Waals surface area contributed by atoms with Crippen LogP contribution in [0.15, 0.2) is 0 Å². The second-order valence-corrected chi connectivity index (χ2v) is 3.90. The maximum Gasteiger partial charge on any atom is 0.225 e. The minimum atomic E-state index is -0.104. The Labute approximate surface area is 78.7 Å². The third-order valence-corrected chi connectivity index (χ3v) is 2.48. The zero-order chi connectivity index (χ0) is 9.84. The molecule has 0 bridgehead atoms. The van der Waals surface area contributed by atoms with E-state index in [0.29, 0.717) is 0 Å². The minimum Gasteiger partial charge on any atom is -0.394 e. The van der Waals surface area contributed by atoms with E-state index in [0.717, 1.165) is 13.1 Å². The molecule has 0 aliphatic carbocycles. The molecule has 1 fully saturated rings. The number of hydrogen-bond donors (Lipinski definition) is 3. The van der Waals surface area contributed by atoms with E-state index in [9.17, 15) is 4.79 Å². The molecule has 1 rings (SSSR count). The molecule has 0 aromatic carbocycles. The lowest BCUT2D eigenvalue weighted by atomic mass is 10.00. The molecule has 3 N–H and O–H groups in total. The van der Waals surface area contributed by atoms with Gasteiger partial charge in [0.15, 0.2) is 0 Å². The third kappa shape index (κ3) is 2.67. The fourth-order valence-corrected chi connectivity index (χ4v) is 1.20. The molecular formula is C9H18N2O2. The van der Waals surface area contributed by atoms with Crippen molar-refractivity contribution in [1.29, 1.82) is 0 Å². The first-order chi connectivity index (χ1) is 6.15. The van der Waals surface area contributed by atoms with Crippen LogP contribution < -0.4 is 10.6 Å². The number of hydrogen-bond acceptors (Lipinski definition) is 3. The summed E-state index contributed by atoms with van der Waals surface area (Å²) < 4.78 is 0. The summed E-state index contributed by atoms with van der Waals surface area (Å²) >= 11 is 0. The molecule has 1 saturated heterocycles. The molecule has 1 atom stereocenters. The van der Waals surface area contributed by atoms with Crippen molar-refractivity contribution in [2.75, 3.05) is 19.7 Å². The number of aliphatic hydroxyl groups is 1. The number of rotatable bonds is 4. The predicted molar refractivity (Wildman–Crippen MR) is 50.2 cm³/mol. The van der Waals surface area contributed by atoms with Crippen LogP contribution in [0.5, 0.6) is 0 Å².